The molecule has 2 atom stereocenters. The first-order valence-corrected chi connectivity index (χ1v) is 15.4. The zero-order chi connectivity index (χ0) is 30.8. The molecule has 0 aliphatic carbocycles. The number of ether oxygens (including phenoxy) is 1. The number of rotatable bonds is 13. The average molecular weight is 625 g/mol. The van der Waals surface area contributed by atoms with Gasteiger partial charge in [0.15, 0.2) is 0 Å². The molecule has 2 unspecified atom stereocenters. The van der Waals surface area contributed by atoms with Crippen LogP contribution in [0.2, 0.25) is 0 Å². The van der Waals surface area contributed by atoms with E-state index in [0.29, 0.717) is 42.9 Å². The molecule has 12 nitrogen and oxygen atoms in total. The molecule has 1 aromatic heterocycles. The van der Waals surface area contributed by atoms with Gasteiger partial charge in [-0.25, -0.2) is 9.78 Å². The van der Waals surface area contributed by atoms with Crippen molar-refractivity contribution in [3.63, 3.8) is 0 Å². The minimum atomic E-state index is -0.706. The molecule has 0 fully saturated rings. The summed E-state index contributed by atoms with van der Waals surface area (Å²) in [7, 11) is 0. The smallest absolute Gasteiger partial charge is 0.411 e. The number of nitrogens with one attached hydrogen (secondary N) is 4. The lowest BCUT2D eigenvalue weighted by atomic mass is 10.1. The zero-order valence-corrected chi connectivity index (χ0v) is 25.3. The van der Waals surface area contributed by atoms with E-state index in [2.05, 4.69) is 31.2 Å². The Morgan fingerprint density at radius 1 is 1.02 bits per heavy atom. The number of unbranched alkanes of at least 4 members (excludes halogenated alkanes) is 1. The lowest BCUT2D eigenvalue weighted by Gasteiger charge is -2.18. The maximum Gasteiger partial charge on any atom is 0.411 e. The van der Waals surface area contributed by atoms with Crippen LogP contribution in [-0.2, 0) is 30.5 Å². The summed E-state index contributed by atoms with van der Waals surface area (Å²) in [6.07, 6.45) is 1.97. The van der Waals surface area contributed by atoms with Crippen LogP contribution in [0.3, 0.4) is 0 Å². The molecule has 0 saturated heterocycles. The van der Waals surface area contributed by atoms with E-state index in [4.69, 9.17) is 4.74 Å². The second-order valence-electron chi connectivity index (χ2n) is 9.77. The molecular formula is C29H32N6O6S2. The van der Waals surface area contributed by atoms with Crippen LogP contribution in [0.1, 0.15) is 43.7 Å². The van der Waals surface area contributed by atoms with Gasteiger partial charge in [0.2, 0.25) is 17.7 Å². The molecule has 0 bridgehead atoms. The van der Waals surface area contributed by atoms with Crippen LogP contribution in [-0.4, -0.2) is 64.5 Å². The zero-order valence-electron chi connectivity index (χ0n) is 23.7. The van der Waals surface area contributed by atoms with Gasteiger partial charge in [-0.1, -0.05) is 12.1 Å². The molecule has 4 amide bonds. The van der Waals surface area contributed by atoms with Crippen LogP contribution in [0.15, 0.2) is 47.5 Å². The Hall–Kier alpha value is -4.30. The lowest BCUT2D eigenvalue weighted by Crippen LogP contribution is -2.42. The number of nitrogens with zero attached hydrogens (tertiary/aromatic N) is 2. The van der Waals surface area contributed by atoms with Crippen molar-refractivity contribution in [2.24, 2.45) is 4.99 Å². The third-order valence-corrected chi connectivity index (χ3v) is 8.46. The van der Waals surface area contributed by atoms with Crippen LogP contribution in [0, 0.1) is 0 Å². The highest BCUT2D eigenvalue weighted by atomic mass is 32.2. The van der Waals surface area contributed by atoms with E-state index >= 15 is 0 Å². The van der Waals surface area contributed by atoms with Crippen molar-refractivity contribution in [1.82, 2.24) is 15.6 Å². The second kappa shape index (κ2) is 15.3. The molecule has 4 N–H and O–H groups in total. The molecule has 2 heterocycles. The van der Waals surface area contributed by atoms with Crippen LogP contribution in [0.4, 0.5) is 16.2 Å². The van der Waals surface area contributed by atoms with Gasteiger partial charge in [0.25, 0.3) is 0 Å². The van der Waals surface area contributed by atoms with Crippen molar-refractivity contribution in [1.29, 1.82) is 0 Å². The van der Waals surface area contributed by atoms with Gasteiger partial charge < -0.3 is 25.5 Å². The maximum atomic E-state index is 12.8. The van der Waals surface area contributed by atoms with Crippen LogP contribution < -0.4 is 21.3 Å². The summed E-state index contributed by atoms with van der Waals surface area (Å²) in [5.41, 5.74) is 2.58. The van der Waals surface area contributed by atoms with Gasteiger partial charge in [-0.3, -0.25) is 24.7 Å². The van der Waals surface area contributed by atoms with Gasteiger partial charge in [-0.2, -0.15) is 0 Å². The predicted molar refractivity (Wildman–Crippen MR) is 167 cm³/mol. The highest BCUT2D eigenvalue weighted by molar-refractivity contribution is 8.15. The lowest BCUT2D eigenvalue weighted by molar-refractivity contribution is -0.125. The molecule has 1 aliphatic rings. The Bertz CT molecular complexity index is 1520. The Balaban J connectivity index is 1.25. The average Bonchev–Trinajstić information content (AvgIpc) is 3.62. The number of amides is 4. The summed E-state index contributed by atoms with van der Waals surface area (Å²) in [6.45, 7) is 3.33. The van der Waals surface area contributed by atoms with Crippen molar-refractivity contribution in [2.75, 3.05) is 22.9 Å². The molecular weight excluding hydrogens is 592 g/mol. The number of anilines is 2. The fourth-order valence-electron chi connectivity index (χ4n) is 4.14. The number of thiazole rings is 1. The van der Waals surface area contributed by atoms with Gasteiger partial charge in [-0.15, -0.1) is 23.1 Å². The molecule has 43 heavy (non-hydrogen) atoms. The quantitative estimate of drug-likeness (QED) is 0.164. The normalized spacial score (nSPS) is 14.8. The second-order valence-corrected chi connectivity index (χ2v) is 11.8. The summed E-state index contributed by atoms with van der Waals surface area (Å²) in [5.74, 6) is -0.146. The van der Waals surface area contributed by atoms with Crippen LogP contribution >= 0.6 is 23.1 Å². The Labute approximate surface area is 256 Å². The number of thioether (sulfide) groups is 1. The fraction of sp³-hybridized carbons (Fsp3) is 0.345. The van der Waals surface area contributed by atoms with E-state index in [-0.39, 0.29) is 30.4 Å². The molecule has 4 rings (SSSR count). The first-order chi connectivity index (χ1) is 20.7. The maximum absolute atomic E-state index is 12.8. The van der Waals surface area contributed by atoms with E-state index in [1.807, 2.05) is 6.07 Å². The van der Waals surface area contributed by atoms with E-state index in [0.717, 1.165) is 32.1 Å². The largest absolute Gasteiger partial charge is 0.444 e. The van der Waals surface area contributed by atoms with Gasteiger partial charge in [0.1, 0.15) is 35.0 Å². The molecule has 1 aliphatic heterocycles. The molecule has 3 aromatic rings. The van der Waals surface area contributed by atoms with Gasteiger partial charge >= 0.3 is 6.09 Å². The number of aldehydes is 1. The van der Waals surface area contributed by atoms with E-state index < -0.39 is 12.1 Å². The van der Waals surface area contributed by atoms with Crippen molar-refractivity contribution >= 4 is 79.8 Å². The summed E-state index contributed by atoms with van der Waals surface area (Å²) in [4.78, 5) is 67.7. The molecule has 226 valence electrons. The third-order valence-electron chi connectivity index (χ3n) is 6.23. The number of benzene rings is 2. The first-order valence-electron chi connectivity index (χ1n) is 13.6. The summed E-state index contributed by atoms with van der Waals surface area (Å²) >= 11 is 2.94. The SMILES string of the molecule is CC(=O)NCCCCC(NC(C)=O)C(=O)Nc1ccc(COC(=O)Nc2ccc3nc(C4=NC(C=O)CS4)sc3c2)cc1. The molecule has 0 spiro atoms. The number of carbonyl (C=O) groups is 5. The molecule has 14 heteroatoms. The highest BCUT2D eigenvalue weighted by Crippen LogP contribution is 2.31. The summed E-state index contributed by atoms with van der Waals surface area (Å²) in [5, 5.41) is 12.4. The van der Waals surface area contributed by atoms with Gasteiger partial charge in [-0.05, 0) is 55.2 Å². The number of fused-ring (bicyclic) bond motifs is 1. The van der Waals surface area contributed by atoms with E-state index in [9.17, 15) is 24.0 Å². The van der Waals surface area contributed by atoms with Crippen molar-refractivity contribution in [3.05, 3.63) is 53.0 Å². The topological polar surface area (TPSA) is 168 Å². The predicted octanol–water partition coefficient (Wildman–Crippen LogP) is 3.86. The van der Waals surface area contributed by atoms with Crippen molar-refractivity contribution in [3.8, 4) is 0 Å². The van der Waals surface area contributed by atoms with E-state index in [1.165, 1.54) is 36.9 Å². The van der Waals surface area contributed by atoms with Gasteiger partial charge in [0.05, 0.1) is 10.2 Å². The number of hydrogen-bond acceptors (Lipinski definition) is 10. The van der Waals surface area contributed by atoms with Crippen molar-refractivity contribution in [2.45, 2.75) is 51.8 Å². The number of hydrogen-bond donors (Lipinski definition) is 4. The Morgan fingerprint density at radius 3 is 2.49 bits per heavy atom. The van der Waals surface area contributed by atoms with Crippen LogP contribution in [0.5, 0.6) is 0 Å². The minimum Gasteiger partial charge on any atom is -0.444 e. The Morgan fingerprint density at radius 2 is 1.79 bits per heavy atom. The number of carbonyl (C=O) groups excluding carboxylic acids is 5. The summed E-state index contributed by atoms with van der Waals surface area (Å²) in [6, 6.07) is 11.1. The standard InChI is InChI=1S/C29H32N6O6S2/c1-17(37)30-12-4-3-5-24(31-18(2)38)26(39)32-20-8-6-19(7-9-20)15-41-29(40)34-21-10-11-23-25(13-21)43-28(35-23)27-33-22(14-36)16-42-27/h6-11,13-14,22,24H,3-5,12,15-16H2,1-2H3,(H,30,37)(H,31,38)(H,32,39)(H,34,40). The monoisotopic (exact) mass is 624 g/mol. The number of aromatic nitrogens is 1. The first kappa shape index (κ1) is 31.6. The molecule has 2 aromatic carbocycles. The minimum absolute atomic E-state index is 0.0186. The van der Waals surface area contributed by atoms with Crippen molar-refractivity contribution < 1.29 is 28.7 Å². The molecule has 0 saturated carbocycles. The summed E-state index contributed by atoms with van der Waals surface area (Å²) < 4.78 is 6.23. The molecule has 0 radical (unpaired) electrons. The fourth-order valence-corrected chi connectivity index (χ4v) is 6.20. The van der Waals surface area contributed by atoms with E-state index in [1.54, 1.807) is 36.4 Å². The van der Waals surface area contributed by atoms with Crippen LogP contribution in [0.25, 0.3) is 10.2 Å². The van der Waals surface area contributed by atoms with Gasteiger partial charge in [0, 0.05) is 37.5 Å². The highest BCUT2D eigenvalue weighted by Gasteiger charge is 2.22. The Kier molecular flexibility index (Phi) is 11.2. The third kappa shape index (κ3) is 9.61. The number of aliphatic imine (C=N–C) groups is 1.